The first kappa shape index (κ1) is 22.8. The number of hydrogen-bond donors (Lipinski definition) is 1. The minimum atomic E-state index is -0.277. The van der Waals surface area contributed by atoms with E-state index in [0.717, 1.165) is 16.9 Å². The molecule has 0 bridgehead atoms. The Morgan fingerprint density at radius 1 is 1.03 bits per heavy atom. The Labute approximate surface area is 202 Å². The molecular weight excluding hydrogens is 467 g/mol. The Balaban J connectivity index is 1.67. The highest BCUT2D eigenvalue weighted by atomic mass is 35.5. The predicted octanol–water partition coefficient (Wildman–Crippen LogP) is 5.51. The summed E-state index contributed by atoms with van der Waals surface area (Å²) >= 11 is 18.8. The minimum Gasteiger partial charge on any atom is -0.394 e. The summed E-state index contributed by atoms with van der Waals surface area (Å²) in [5.74, 6) is 0. The summed E-state index contributed by atoms with van der Waals surface area (Å²) in [6.07, 6.45) is 1.54. The fourth-order valence-electron chi connectivity index (χ4n) is 4.12. The Morgan fingerprint density at radius 3 is 2.41 bits per heavy atom. The maximum absolute atomic E-state index is 10.2. The summed E-state index contributed by atoms with van der Waals surface area (Å²) in [6, 6.07) is 18.6. The van der Waals surface area contributed by atoms with E-state index < -0.39 is 0 Å². The van der Waals surface area contributed by atoms with Crippen molar-refractivity contribution in [3.05, 3.63) is 92.7 Å². The van der Waals surface area contributed by atoms with Crippen LogP contribution in [-0.4, -0.2) is 41.2 Å². The van der Waals surface area contributed by atoms with Crippen LogP contribution in [0.5, 0.6) is 0 Å². The second-order valence-corrected chi connectivity index (χ2v) is 8.91. The minimum absolute atomic E-state index is 0.0212. The van der Waals surface area contributed by atoms with Gasteiger partial charge in [-0.15, -0.1) is 0 Å². The number of nitrogens with zero attached hydrogens (tertiary/aromatic N) is 4. The van der Waals surface area contributed by atoms with E-state index in [1.165, 1.54) is 0 Å². The highest BCUT2D eigenvalue weighted by molar-refractivity contribution is 6.36. The molecule has 1 aromatic heterocycles. The van der Waals surface area contributed by atoms with Crippen molar-refractivity contribution < 1.29 is 5.11 Å². The van der Waals surface area contributed by atoms with Crippen LogP contribution in [0.3, 0.4) is 0 Å². The number of anilines is 1. The quantitative estimate of drug-likeness (QED) is 0.514. The summed E-state index contributed by atoms with van der Waals surface area (Å²) in [4.78, 5) is 8.89. The molecule has 2 atom stereocenters. The van der Waals surface area contributed by atoms with Gasteiger partial charge in [0.1, 0.15) is 6.07 Å². The average Bonchev–Trinajstić information content (AvgIpc) is 2.81. The molecule has 32 heavy (non-hydrogen) atoms. The van der Waals surface area contributed by atoms with Gasteiger partial charge in [0.15, 0.2) is 0 Å². The first-order valence-electron chi connectivity index (χ1n) is 10.2. The number of rotatable bonds is 5. The highest BCUT2D eigenvalue weighted by Gasteiger charge is 2.33. The molecule has 8 heteroatoms. The van der Waals surface area contributed by atoms with E-state index in [0.29, 0.717) is 40.3 Å². The van der Waals surface area contributed by atoms with Crippen molar-refractivity contribution in [2.45, 2.75) is 12.1 Å². The lowest BCUT2D eigenvalue weighted by molar-refractivity contribution is 0.100. The first-order chi connectivity index (χ1) is 15.5. The number of halogens is 3. The second kappa shape index (κ2) is 10.1. The van der Waals surface area contributed by atoms with Gasteiger partial charge in [-0.2, -0.15) is 5.26 Å². The molecule has 0 aliphatic carbocycles. The number of aromatic nitrogens is 1. The molecule has 3 aromatic rings. The number of aliphatic hydroxyl groups is 1. The van der Waals surface area contributed by atoms with Gasteiger partial charge in [-0.1, -0.05) is 46.9 Å². The maximum atomic E-state index is 10.2. The van der Waals surface area contributed by atoms with Crippen LogP contribution in [0.25, 0.3) is 0 Å². The summed E-state index contributed by atoms with van der Waals surface area (Å²) in [5, 5.41) is 21.1. The summed E-state index contributed by atoms with van der Waals surface area (Å²) < 4.78 is 0. The lowest BCUT2D eigenvalue weighted by Crippen LogP contribution is -2.50. The first-order valence-corrected chi connectivity index (χ1v) is 11.3. The van der Waals surface area contributed by atoms with Gasteiger partial charge in [-0.25, -0.2) is 0 Å². The van der Waals surface area contributed by atoms with Gasteiger partial charge in [-0.05, 0) is 48.0 Å². The second-order valence-electron chi connectivity index (χ2n) is 7.63. The lowest BCUT2D eigenvalue weighted by atomic mass is 9.99. The Bertz CT molecular complexity index is 1120. The van der Waals surface area contributed by atoms with Crippen molar-refractivity contribution in [3.8, 4) is 6.07 Å². The van der Waals surface area contributed by atoms with E-state index in [9.17, 15) is 5.11 Å². The number of nitriles is 1. The molecule has 0 amide bonds. The Morgan fingerprint density at radius 2 is 1.78 bits per heavy atom. The summed E-state index contributed by atoms with van der Waals surface area (Å²) in [6.45, 7) is 1.97. The number of hydrogen-bond acceptors (Lipinski definition) is 5. The van der Waals surface area contributed by atoms with Crippen LogP contribution < -0.4 is 4.90 Å². The fourth-order valence-corrected chi connectivity index (χ4v) is 4.77. The van der Waals surface area contributed by atoms with E-state index in [2.05, 4.69) is 20.9 Å². The third-order valence-corrected chi connectivity index (χ3v) is 6.55. The molecule has 1 aliphatic rings. The van der Waals surface area contributed by atoms with Crippen molar-refractivity contribution in [2.75, 3.05) is 31.1 Å². The van der Waals surface area contributed by atoms with Gasteiger partial charge >= 0.3 is 0 Å². The van der Waals surface area contributed by atoms with E-state index in [4.69, 9.17) is 40.1 Å². The van der Waals surface area contributed by atoms with E-state index in [-0.39, 0.29) is 18.7 Å². The van der Waals surface area contributed by atoms with E-state index in [1.54, 1.807) is 24.4 Å². The van der Waals surface area contributed by atoms with Crippen LogP contribution in [0.2, 0.25) is 15.1 Å². The van der Waals surface area contributed by atoms with Crippen molar-refractivity contribution in [1.82, 2.24) is 9.88 Å². The molecule has 5 nitrogen and oxygen atoms in total. The fraction of sp³-hybridized carbons (Fsp3) is 0.250. The number of benzene rings is 2. The van der Waals surface area contributed by atoms with Gasteiger partial charge in [-0.3, -0.25) is 9.88 Å². The monoisotopic (exact) mass is 486 g/mol. The molecule has 164 valence electrons. The summed E-state index contributed by atoms with van der Waals surface area (Å²) in [5.41, 5.74) is 3.23. The zero-order chi connectivity index (χ0) is 22.7. The predicted molar refractivity (Wildman–Crippen MR) is 128 cm³/mol. The van der Waals surface area contributed by atoms with Gasteiger partial charge in [0, 0.05) is 35.9 Å². The van der Waals surface area contributed by atoms with Crippen LogP contribution in [-0.2, 0) is 0 Å². The van der Waals surface area contributed by atoms with Gasteiger partial charge in [0.25, 0.3) is 0 Å². The Hall–Kier alpha value is -2.33. The summed E-state index contributed by atoms with van der Waals surface area (Å²) in [7, 11) is 0. The molecule has 1 aliphatic heterocycles. The van der Waals surface area contributed by atoms with Crippen molar-refractivity contribution in [1.29, 1.82) is 5.26 Å². The van der Waals surface area contributed by atoms with Crippen molar-refractivity contribution in [2.24, 2.45) is 0 Å². The topological polar surface area (TPSA) is 63.4 Å². The average molecular weight is 488 g/mol. The molecule has 1 fully saturated rings. The number of pyridine rings is 1. The third-order valence-electron chi connectivity index (χ3n) is 5.76. The van der Waals surface area contributed by atoms with Gasteiger partial charge < -0.3 is 10.0 Å². The van der Waals surface area contributed by atoms with Crippen LogP contribution in [0.1, 0.15) is 28.9 Å². The lowest BCUT2D eigenvalue weighted by Gasteiger charge is -2.45. The van der Waals surface area contributed by atoms with Gasteiger partial charge in [0.05, 0.1) is 40.7 Å². The van der Waals surface area contributed by atoms with Crippen molar-refractivity contribution >= 4 is 40.5 Å². The van der Waals surface area contributed by atoms with Crippen LogP contribution >= 0.6 is 34.8 Å². The molecule has 2 heterocycles. The van der Waals surface area contributed by atoms with Crippen molar-refractivity contribution in [3.63, 3.8) is 0 Å². The maximum Gasteiger partial charge on any atom is 0.101 e. The van der Waals surface area contributed by atoms with E-state index >= 15 is 0 Å². The van der Waals surface area contributed by atoms with E-state index in [1.807, 2.05) is 36.4 Å². The third kappa shape index (κ3) is 4.85. The largest absolute Gasteiger partial charge is 0.394 e. The molecule has 2 aromatic carbocycles. The molecule has 1 saturated heterocycles. The molecule has 1 N–H and O–H groups in total. The standard InChI is InChI=1S/C24H21Cl3N4O/c25-18-4-2-17(3-5-18)23-14-30(24(15-32)21-7-1-16(12-28)13-29-21)9-10-31(23)22-8-6-19(26)11-20(22)27/h1-8,11,13,23-24,32H,9-10,14-15H2/t23-,24+/m0/s1. The zero-order valence-electron chi connectivity index (χ0n) is 17.1. The number of piperazine rings is 1. The normalized spacial score (nSPS) is 17.7. The van der Waals surface area contributed by atoms with Gasteiger partial charge in [0.2, 0.25) is 0 Å². The molecule has 4 rings (SSSR count). The number of aliphatic hydroxyl groups excluding tert-OH is 1. The highest BCUT2D eigenvalue weighted by Crippen LogP contribution is 2.38. The van der Waals surface area contributed by atoms with Crippen LogP contribution in [0.4, 0.5) is 5.69 Å². The molecule has 0 saturated carbocycles. The molecule has 0 radical (unpaired) electrons. The molecule has 0 unspecified atom stereocenters. The van der Waals surface area contributed by atoms with Crippen LogP contribution in [0, 0.1) is 11.3 Å². The molecule has 0 spiro atoms. The zero-order valence-corrected chi connectivity index (χ0v) is 19.4. The SMILES string of the molecule is N#Cc1ccc([C@@H](CO)N2CCN(c3ccc(Cl)cc3Cl)[C@H](c3ccc(Cl)cc3)C2)nc1. The van der Waals surface area contributed by atoms with Crippen LogP contribution in [0.15, 0.2) is 60.8 Å². The Kier molecular flexibility index (Phi) is 7.20. The molecular formula is C24H21Cl3N4O. The smallest absolute Gasteiger partial charge is 0.101 e.